The predicted molar refractivity (Wildman–Crippen MR) is 133 cm³/mol. The molecule has 3 heterocycles. The number of carbonyl (C=O) groups is 3. The van der Waals surface area contributed by atoms with Gasteiger partial charge in [0.2, 0.25) is 5.91 Å². The van der Waals surface area contributed by atoms with Crippen molar-refractivity contribution < 1.29 is 14.4 Å². The molecule has 1 aromatic carbocycles. The standard InChI is InChI=1S/C26H37ClN4O3/c1-3-13-26(24(33)31(25(34)28-26)17-12-22-5-4-14-29(22)2)20-10-15-30(16-11-20)23(32)18-19-6-8-21(27)9-7-19/h6-9,20,22H,3-5,10-18H2,1-2H3,(H,28,34)/t22-,26-/m1/s1. The molecule has 4 amide bonds. The summed E-state index contributed by atoms with van der Waals surface area (Å²) < 4.78 is 0. The maximum Gasteiger partial charge on any atom is 0.325 e. The van der Waals surface area contributed by atoms with E-state index in [0.29, 0.717) is 43.5 Å². The summed E-state index contributed by atoms with van der Waals surface area (Å²) in [5.74, 6) is 0.0722. The molecule has 0 saturated carbocycles. The second kappa shape index (κ2) is 10.6. The highest BCUT2D eigenvalue weighted by atomic mass is 35.5. The lowest BCUT2D eigenvalue weighted by Crippen LogP contribution is -2.56. The highest BCUT2D eigenvalue weighted by Gasteiger charge is 2.55. The van der Waals surface area contributed by atoms with Crippen LogP contribution in [-0.4, -0.2) is 77.4 Å². The number of urea groups is 1. The number of amides is 4. The lowest BCUT2D eigenvalue weighted by molar-refractivity contribution is -0.136. The number of halogens is 1. The predicted octanol–water partition coefficient (Wildman–Crippen LogP) is 3.70. The van der Waals surface area contributed by atoms with Crippen molar-refractivity contribution in [2.75, 3.05) is 33.2 Å². The van der Waals surface area contributed by atoms with Gasteiger partial charge in [0.15, 0.2) is 0 Å². The number of rotatable bonds is 8. The van der Waals surface area contributed by atoms with E-state index in [1.807, 2.05) is 17.0 Å². The van der Waals surface area contributed by atoms with Crippen LogP contribution in [0.1, 0.15) is 57.4 Å². The van der Waals surface area contributed by atoms with Crippen molar-refractivity contribution in [1.82, 2.24) is 20.0 Å². The lowest BCUT2D eigenvalue weighted by Gasteiger charge is -2.41. The van der Waals surface area contributed by atoms with E-state index >= 15 is 0 Å². The van der Waals surface area contributed by atoms with Gasteiger partial charge in [0, 0.05) is 30.7 Å². The van der Waals surface area contributed by atoms with Gasteiger partial charge in [-0.3, -0.25) is 14.5 Å². The van der Waals surface area contributed by atoms with Crippen LogP contribution >= 0.6 is 11.6 Å². The Hall–Kier alpha value is -2.12. The number of imide groups is 1. The largest absolute Gasteiger partial charge is 0.342 e. The highest BCUT2D eigenvalue weighted by Crippen LogP contribution is 2.37. The first-order valence-corrected chi connectivity index (χ1v) is 13.1. The SMILES string of the molecule is CCC[C@]1(C2CCN(C(=O)Cc3ccc(Cl)cc3)CC2)NC(=O)N(CC[C@H]2CCCN2C)C1=O. The summed E-state index contributed by atoms with van der Waals surface area (Å²) in [5.41, 5.74) is 0.111. The van der Waals surface area contributed by atoms with E-state index < -0.39 is 5.54 Å². The number of carbonyl (C=O) groups excluding carboxylic acids is 3. The summed E-state index contributed by atoms with van der Waals surface area (Å²) in [5, 5.41) is 3.78. The average Bonchev–Trinajstić information content (AvgIpc) is 3.34. The molecular weight excluding hydrogens is 452 g/mol. The number of hydrogen-bond donors (Lipinski definition) is 1. The molecule has 0 aliphatic carbocycles. The molecule has 0 aromatic heterocycles. The zero-order chi connectivity index (χ0) is 24.3. The number of nitrogens with one attached hydrogen (secondary N) is 1. The van der Waals surface area contributed by atoms with E-state index in [1.165, 1.54) is 11.3 Å². The van der Waals surface area contributed by atoms with Gasteiger partial charge in [-0.15, -0.1) is 0 Å². The molecule has 0 bridgehead atoms. The third-order valence-corrected chi connectivity index (χ3v) is 8.27. The van der Waals surface area contributed by atoms with Crippen molar-refractivity contribution in [3.8, 4) is 0 Å². The van der Waals surface area contributed by atoms with Crippen LogP contribution in [0.3, 0.4) is 0 Å². The summed E-state index contributed by atoms with van der Waals surface area (Å²) in [4.78, 5) is 45.1. The van der Waals surface area contributed by atoms with Crippen molar-refractivity contribution in [2.24, 2.45) is 5.92 Å². The Kier molecular flexibility index (Phi) is 7.83. The molecule has 3 aliphatic rings. The van der Waals surface area contributed by atoms with E-state index in [4.69, 9.17) is 11.6 Å². The molecule has 3 fully saturated rings. The van der Waals surface area contributed by atoms with E-state index in [1.54, 1.807) is 12.1 Å². The zero-order valence-corrected chi connectivity index (χ0v) is 21.1. The van der Waals surface area contributed by atoms with Gasteiger partial charge in [-0.25, -0.2) is 4.79 Å². The van der Waals surface area contributed by atoms with Gasteiger partial charge in [0.25, 0.3) is 5.91 Å². The first kappa shape index (κ1) is 25.0. The molecule has 3 aliphatic heterocycles. The molecule has 0 spiro atoms. The van der Waals surface area contributed by atoms with Gasteiger partial charge in [-0.1, -0.05) is 37.1 Å². The molecule has 4 rings (SSSR count). The number of piperidine rings is 1. The molecule has 0 radical (unpaired) electrons. The summed E-state index contributed by atoms with van der Waals surface area (Å²) in [6.07, 6.45) is 6.38. The van der Waals surface area contributed by atoms with Gasteiger partial charge in [0.1, 0.15) is 5.54 Å². The highest BCUT2D eigenvalue weighted by molar-refractivity contribution is 6.30. The molecular formula is C26H37ClN4O3. The Morgan fingerprint density at radius 3 is 2.44 bits per heavy atom. The molecule has 2 atom stereocenters. The molecule has 3 saturated heterocycles. The lowest BCUT2D eigenvalue weighted by atomic mass is 9.74. The van der Waals surface area contributed by atoms with Gasteiger partial charge < -0.3 is 15.1 Å². The van der Waals surface area contributed by atoms with Gasteiger partial charge in [-0.05, 0) is 75.7 Å². The van der Waals surface area contributed by atoms with Crippen molar-refractivity contribution in [3.05, 3.63) is 34.9 Å². The van der Waals surface area contributed by atoms with Crippen molar-refractivity contribution in [3.63, 3.8) is 0 Å². The van der Waals surface area contributed by atoms with Crippen molar-refractivity contribution in [1.29, 1.82) is 0 Å². The molecule has 34 heavy (non-hydrogen) atoms. The first-order valence-electron chi connectivity index (χ1n) is 12.7. The molecule has 8 heteroatoms. The van der Waals surface area contributed by atoms with Crippen LogP contribution in [0.5, 0.6) is 0 Å². The van der Waals surface area contributed by atoms with Crippen LogP contribution in [0.2, 0.25) is 5.02 Å². The Labute approximate surface area is 207 Å². The maximum atomic E-state index is 13.6. The van der Waals surface area contributed by atoms with Crippen LogP contribution in [0.15, 0.2) is 24.3 Å². The second-order valence-electron chi connectivity index (χ2n) is 10.1. The molecule has 186 valence electrons. The fraction of sp³-hybridized carbons (Fsp3) is 0.654. The topological polar surface area (TPSA) is 73.0 Å². The summed E-state index contributed by atoms with van der Waals surface area (Å²) in [6.45, 7) is 4.84. The number of likely N-dealkylation sites (tertiary alicyclic amines) is 2. The average molecular weight is 489 g/mol. The molecule has 0 unspecified atom stereocenters. The Bertz CT molecular complexity index is 900. The van der Waals surface area contributed by atoms with Crippen LogP contribution in [0, 0.1) is 5.92 Å². The van der Waals surface area contributed by atoms with E-state index in [9.17, 15) is 14.4 Å². The van der Waals surface area contributed by atoms with E-state index in [2.05, 4.69) is 24.2 Å². The van der Waals surface area contributed by atoms with Crippen molar-refractivity contribution >= 4 is 29.4 Å². The molecule has 1 aromatic rings. The van der Waals surface area contributed by atoms with Crippen LogP contribution in [-0.2, 0) is 16.0 Å². The summed E-state index contributed by atoms with van der Waals surface area (Å²) in [6, 6.07) is 7.56. The smallest absolute Gasteiger partial charge is 0.325 e. The minimum atomic E-state index is -0.835. The van der Waals surface area contributed by atoms with Crippen LogP contribution in [0.25, 0.3) is 0 Å². The van der Waals surface area contributed by atoms with Crippen molar-refractivity contribution in [2.45, 2.75) is 69.9 Å². The minimum absolute atomic E-state index is 0.0441. The quantitative estimate of drug-likeness (QED) is 0.566. The third-order valence-electron chi connectivity index (χ3n) is 8.02. The molecule has 1 N–H and O–H groups in total. The van der Waals surface area contributed by atoms with Gasteiger partial charge in [-0.2, -0.15) is 0 Å². The number of hydrogen-bond acceptors (Lipinski definition) is 4. The number of nitrogens with zero attached hydrogens (tertiary/aromatic N) is 3. The number of benzene rings is 1. The van der Waals surface area contributed by atoms with E-state index in [-0.39, 0.29) is 23.8 Å². The monoisotopic (exact) mass is 488 g/mol. The fourth-order valence-electron chi connectivity index (χ4n) is 6.02. The Morgan fingerprint density at radius 2 is 1.82 bits per heavy atom. The summed E-state index contributed by atoms with van der Waals surface area (Å²) >= 11 is 5.95. The Balaban J connectivity index is 1.37. The normalized spacial score (nSPS) is 26.4. The van der Waals surface area contributed by atoms with Gasteiger partial charge >= 0.3 is 6.03 Å². The fourth-order valence-corrected chi connectivity index (χ4v) is 6.15. The second-order valence-corrected chi connectivity index (χ2v) is 10.6. The summed E-state index contributed by atoms with van der Waals surface area (Å²) in [7, 11) is 2.12. The van der Waals surface area contributed by atoms with Gasteiger partial charge in [0.05, 0.1) is 6.42 Å². The van der Waals surface area contributed by atoms with Crippen LogP contribution in [0.4, 0.5) is 4.79 Å². The molecule has 7 nitrogen and oxygen atoms in total. The zero-order valence-electron chi connectivity index (χ0n) is 20.4. The minimum Gasteiger partial charge on any atom is -0.342 e. The third kappa shape index (κ3) is 5.10. The van der Waals surface area contributed by atoms with Crippen LogP contribution < -0.4 is 5.32 Å². The first-order chi connectivity index (χ1) is 16.3. The maximum absolute atomic E-state index is 13.6. The van der Waals surface area contributed by atoms with E-state index in [0.717, 1.165) is 44.2 Å². The Morgan fingerprint density at radius 1 is 1.12 bits per heavy atom.